The lowest BCUT2D eigenvalue weighted by Gasteiger charge is -2.25. The molecule has 152 valence electrons. The SMILES string of the molecule is CC(C)(C)NC(=O)CN(Cc1ccc(Cl)c(Cl)c1)S(=O)(=O)c1ccc(Cl)cc1. The molecule has 0 aliphatic heterocycles. The molecular formula is C19H21Cl3N2O3S. The molecule has 0 aliphatic rings. The summed E-state index contributed by atoms with van der Waals surface area (Å²) in [5.74, 6) is -0.412. The maximum Gasteiger partial charge on any atom is 0.243 e. The molecule has 1 N–H and O–H groups in total. The molecule has 1 amide bonds. The fraction of sp³-hybridized carbons (Fsp3) is 0.316. The highest BCUT2D eigenvalue weighted by Gasteiger charge is 2.28. The second-order valence-corrected chi connectivity index (χ2v) is 10.5. The van der Waals surface area contributed by atoms with Crippen LogP contribution in [0.3, 0.4) is 0 Å². The van der Waals surface area contributed by atoms with Crippen molar-refractivity contribution in [3.05, 3.63) is 63.1 Å². The fourth-order valence-corrected chi connectivity index (χ4v) is 4.27. The Morgan fingerprint density at radius 3 is 2.14 bits per heavy atom. The monoisotopic (exact) mass is 462 g/mol. The van der Waals surface area contributed by atoms with Crippen LogP contribution in [0.1, 0.15) is 26.3 Å². The van der Waals surface area contributed by atoms with Gasteiger partial charge in [-0.15, -0.1) is 0 Å². The van der Waals surface area contributed by atoms with E-state index in [1.54, 1.807) is 18.2 Å². The van der Waals surface area contributed by atoms with E-state index < -0.39 is 21.5 Å². The lowest BCUT2D eigenvalue weighted by molar-refractivity contribution is -0.122. The van der Waals surface area contributed by atoms with E-state index in [0.29, 0.717) is 20.6 Å². The van der Waals surface area contributed by atoms with Gasteiger partial charge in [-0.25, -0.2) is 8.42 Å². The lowest BCUT2D eigenvalue weighted by atomic mass is 10.1. The summed E-state index contributed by atoms with van der Waals surface area (Å²) < 4.78 is 27.4. The molecule has 0 radical (unpaired) electrons. The van der Waals surface area contributed by atoms with Gasteiger partial charge in [0.2, 0.25) is 15.9 Å². The number of rotatable bonds is 6. The van der Waals surface area contributed by atoms with Crippen molar-refractivity contribution in [3.63, 3.8) is 0 Å². The van der Waals surface area contributed by atoms with E-state index in [-0.39, 0.29) is 18.0 Å². The van der Waals surface area contributed by atoms with Crippen molar-refractivity contribution in [2.45, 2.75) is 37.8 Å². The topological polar surface area (TPSA) is 66.5 Å². The molecule has 0 unspecified atom stereocenters. The highest BCUT2D eigenvalue weighted by Crippen LogP contribution is 2.25. The third-order valence-corrected chi connectivity index (χ3v) is 6.43. The van der Waals surface area contributed by atoms with Gasteiger partial charge in [-0.2, -0.15) is 4.31 Å². The van der Waals surface area contributed by atoms with Crippen molar-refractivity contribution in [2.24, 2.45) is 0 Å². The first-order chi connectivity index (χ1) is 12.9. The van der Waals surface area contributed by atoms with Crippen LogP contribution in [0.2, 0.25) is 15.1 Å². The zero-order valence-electron chi connectivity index (χ0n) is 15.7. The van der Waals surface area contributed by atoms with Crippen molar-refractivity contribution >= 4 is 50.7 Å². The predicted octanol–water partition coefficient (Wildman–Crippen LogP) is 4.75. The average Bonchev–Trinajstić information content (AvgIpc) is 2.56. The Labute approximate surface area is 180 Å². The molecule has 2 aromatic rings. The van der Waals surface area contributed by atoms with Crippen molar-refractivity contribution in [1.82, 2.24) is 9.62 Å². The van der Waals surface area contributed by atoms with E-state index in [1.807, 2.05) is 20.8 Å². The number of carbonyl (C=O) groups is 1. The number of sulfonamides is 1. The summed E-state index contributed by atoms with van der Waals surface area (Å²) in [5.41, 5.74) is 0.117. The lowest BCUT2D eigenvalue weighted by Crippen LogP contribution is -2.47. The number of benzene rings is 2. The van der Waals surface area contributed by atoms with Crippen molar-refractivity contribution in [2.75, 3.05) is 6.54 Å². The molecule has 9 heteroatoms. The highest BCUT2D eigenvalue weighted by molar-refractivity contribution is 7.89. The van der Waals surface area contributed by atoms with Crippen LogP contribution >= 0.6 is 34.8 Å². The molecule has 5 nitrogen and oxygen atoms in total. The van der Waals surface area contributed by atoms with Crippen LogP contribution in [0.5, 0.6) is 0 Å². The van der Waals surface area contributed by atoms with Crippen LogP contribution < -0.4 is 5.32 Å². The van der Waals surface area contributed by atoms with Crippen LogP contribution in [0.15, 0.2) is 47.4 Å². The van der Waals surface area contributed by atoms with E-state index in [2.05, 4.69) is 5.32 Å². The molecule has 0 saturated heterocycles. The number of halogens is 3. The van der Waals surface area contributed by atoms with Crippen LogP contribution in [0, 0.1) is 0 Å². The number of hydrogen-bond donors (Lipinski definition) is 1. The normalized spacial score (nSPS) is 12.2. The molecule has 2 aromatic carbocycles. The van der Waals surface area contributed by atoms with Gasteiger partial charge in [0.25, 0.3) is 0 Å². The summed E-state index contributed by atoms with van der Waals surface area (Å²) in [7, 11) is -3.95. The van der Waals surface area contributed by atoms with E-state index in [4.69, 9.17) is 34.8 Å². The minimum atomic E-state index is -3.95. The third kappa shape index (κ3) is 6.36. The van der Waals surface area contributed by atoms with Gasteiger partial charge in [0.15, 0.2) is 0 Å². The Hall–Kier alpha value is -1.31. The van der Waals surface area contributed by atoms with Gasteiger partial charge in [0.1, 0.15) is 0 Å². The zero-order valence-corrected chi connectivity index (χ0v) is 18.8. The molecular weight excluding hydrogens is 443 g/mol. The van der Waals surface area contributed by atoms with Crippen LogP contribution in [-0.2, 0) is 21.4 Å². The van der Waals surface area contributed by atoms with E-state index >= 15 is 0 Å². The Morgan fingerprint density at radius 1 is 1.00 bits per heavy atom. The van der Waals surface area contributed by atoms with Gasteiger partial charge in [0, 0.05) is 17.1 Å². The van der Waals surface area contributed by atoms with E-state index in [9.17, 15) is 13.2 Å². The summed E-state index contributed by atoms with van der Waals surface area (Å²) >= 11 is 17.8. The van der Waals surface area contributed by atoms with Gasteiger partial charge < -0.3 is 5.32 Å². The molecule has 0 aromatic heterocycles. The summed E-state index contributed by atoms with van der Waals surface area (Å²) in [4.78, 5) is 12.5. The minimum absolute atomic E-state index is 0.0421. The number of amides is 1. The molecule has 28 heavy (non-hydrogen) atoms. The van der Waals surface area contributed by atoms with Crippen LogP contribution in [-0.4, -0.2) is 30.7 Å². The maximum absolute atomic E-state index is 13.1. The molecule has 0 saturated carbocycles. The Morgan fingerprint density at radius 2 is 1.61 bits per heavy atom. The second-order valence-electron chi connectivity index (χ2n) is 7.27. The first-order valence-corrected chi connectivity index (χ1v) is 11.0. The van der Waals surface area contributed by atoms with Gasteiger partial charge in [-0.1, -0.05) is 40.9 Å². The number of nitrogens with zero attached hydrogens (tertiary/aromatic N) is 1. The van der Waals surface area contributed by atoms with E-state index in [1.165, 1.54) is 24.3 Å². The first kappa shape index (κ1) is 23.0. The van der Waals surface area contributed by atoms with Gasteiger partial charge >= 0.3 is 0 Å². The fourth-order valence-electron chi connectivity index (χ4n) is 2.44. The largest absolute Gasteiger partial charge is 0.350 e. The van der Waals surface area contributed by atoms with Gasteiger partial charge in [-0.05, 0) is 62.7 Å². The van der Waals surface area contributed by atoms with Crippen molar-refractivity contribution in [1.29, 1.82) is 0 Å². The highest BCUT2D eigenvalue weighted by atomic mass is 35.5. The quantitative estimate of drug-likeness (QED) is 0.672. The third-order valence-electron chi connectivity index (χ3n) is 3.63. The number of carbonyl (C=O) groups excluding carboxylic acids is 1. The minimum Gasteiger partial charge on any atom is -0.350 e. The Kier molecular flexibility index (Phi) is 7.39. The van der Waals surface area contributed by atoms with Gasteiger partial charge in [-0.3, -0.25) is 4.79 Å². The second kappa shape index (κ2) is 9.01. The summed E-state index contributed by atoms with van der Waals surface area (Å²) in [6.07, 6.45) is 0. The summed E-state index contributed by atoms with van der Waals surface area (Å²) in [5, 5.41) is 3.86. The molecule has 0 fully saturated rings. The standard InChI is InChI=1S/C19H21Cl3N2O3S/c1-19(2,3)23-18(25)12-24(11-13-4-9-16(21)17(22)10-13)28(26,27)15-7-5-14(20)6-8-15/h4-10H,11-12H2,1-3H3,(H,23,25). The Balaban J connectivity index is 2.38. The van der Waals surface area contributed by atoms with E-state index in [0.717, 1.165) is 4.31 Å². The molecule has 0 atom stereocenters. The molecule has 0 aliphatic carbocycles. The number of hydrogen-bond acceptors (Lipinski definition) is 3. The molecule has 0 heterocycles. The average molecular weight is 464 g/mol. The van der Waals surface area contributed by atoms with Crippen molar-refractivity contribution < 1.29 is 13.2 Å². The smallest absolute Gasteiger partial charge is 0.243 e. The van der Waals surface area contributed by atoms with Crippen molar-refractivity contribution in [3.8, 4) is 0 Å². The Bertz CT molecular complexity index is 955. The van der Waals surface area contributed by atoms with Gasteiger partial charge in [0.05, 0.1) is 21.5 Å². The number of nitrogens with one attached hydrogen (secondary N) is 1. The first-order valence-electron chi connectivity index (χ1n) is 8.39. The predicted molar refractivity (Wildman–Crippen MR) is 113 cm³/mol. The zero-order chi connectivity index (χ0) is 21.1. The summed E-state index contributed by atoms with van der Waals surface area (Å²) in [6, 6.07) is 10.6. The molecule has 0 bridgehead atoms. The molecule has 0 spiro atoms. The summed E-state index contributed by atoms with van der Waals surface area (Å²) in [6.45, 7) is 5.08. The van der Waals surface area contributed by atoms with Crippen LogP contribution in [0.25, 0.3) is 0 Å². The maximum atomic E-state index is 13.1. The van der Waals surface area contributed by atoms with Crippen LogP contribution in [0.4, 0.5) is 0 Å². The molecule has 2 rings (SSSR count).